The van der Waals surface area contributed by atoms with Crippen LogP contribution in [0, 0.1) is 0 Å². The monoisotopic (exact) mass is 603 g/mol. The van der Waals surface area contributed by atoms with E-state index in [0.29, 0.717) is 34.0 Å². The first kappa shape index (κ1) is 26.8. The molecule has 9 aromatic rings. The Morgan fingerprint density at radius 1 is 0.426 bits per heavy atom. The fraction of sp³-hybridized carbons (Fsp3) is 0. The van der Waals surface area contributed by atoms with Gasteiger partial charge in [-0.25, -0.2) is 19.9 Å². The fourth-order valence-corrected chi connectivity index (χ4v) is 6.30. The summed E-state index contributed by atoms with van der Waals surface area (Å²) in [6, 6.07) is 48.2. The molecule has 0 bridgehead atoms. The second-order valence-corrected chi connectivity index (χ2v) is 11.5. The van der Waals surface area contributed by atoms with Gasteiger partial charge in [0.2, 0.25) is 0 Å². The first-order valence-corrected chi connectivity index (χ1v) is 15.4. The summed E-state index contributed by atoms with van der Waals surface area (Å²) < 4.78 is 1.69. The van der Waals surface area contributed by atoms with E-state index < -0.39 is 0 Å². The van der Waals surface area contributed by atoms with Crippen LogP contribution >= 0.6 is 0 Å². The van der Waals surface area contributed by atoms with Crippen molar-refractivity contribution in [2.75, 3.05) is 0 Å². The molecule has 6 heteroatoms. The topological polar surface area (TPSA) is 73.0 Å². The molecule has 0 radical (unpaired) electrons. The third kappa shape index (κ3) is 4.62. The van der Waals surface area contributed by atoms with Gasteiger partial charge in [-0.05, 0) is 39.9 Å². The smallest absolute Gasteiger partial charge is 0.265 e. The standard InChI is InChI=1S/C41H25N5O/c47-41-34-23-28-16-7-8-17-29(28)24-36(34)42-40-33-21-10-9-20-32(33)35(25-46(40)41)30-18-11-19-31(22-30)39-44-37(26-12-3-1-4-13-26)43-38(45-39)27-14-5-2-6-15-27/h1-25H. The van der Waals surface area contributed by atoms with Crippen LogP contribution in [-0.2, 0) is 0 Å². The average Bonchev–Trinajstić information content (AvgIpc) is 3.15. The minimum atomic E-state index is -0.101. The van der Waals surface area contributed by atoms with Gasteiger partial charge in [0, 0.05) is 33.8 Å². The molecule has 0 saturated carbocycles. The Hall–Kier alpha value is -6.53. The van der Waals surface area contributed by atoms with E-state index in [1.54, 1.807) is 4.40 Å². The molecule has 9 rings (SSSR count). The second kappa shape index (κ2) is 10.8. The lowest BCUT2D eigenvalue weighted by Crippen LogP contribution is -2.16. The Morgan fingerprint density at radius 3 is 1.64 bits per heavy atom. The predicted octanol–water partition coefficient (Wildman–Crippen LogP) is 9.01. The van der Waals surface area contributed by atoms with Crippen molar-refractivity contribution in [3.05, 3.63) is 162 Å². The second-order valence-electron chi connectivity index (χ2n) is 11.5. The Bertz CT molecular complexity index is 2650. The quantitative estimate of drug-likeness (QED) is 0.148. The van der Waals surface area contributed by atoms with Gasteiger partial charge in [0.1, 0.15) is 5.65 Å². The molecule has 220 valence electrons. The van der Waals surface area contributed by atoms with E-state index in [9.17, 15) is 4.79 Å². The molecule has 3 aromatic heterocycles. The maximum absolute atomic E-state index is 14.1. The van der Waals surface area contributed by atoms with Crippen LogP contribution in [-0.4, -0.2) is 24.3 Å². The summed E-state index contributed by atoms with van der Waals surface area (Å²) in [5.41, 5.74) is 5.75. The summed E-state index contributed by atoms with van der Waals surface area (Å²) in [6.45, 7) is 0. The molecule has 0 saturated heterocycles. The lowest BCUT2D eigenvalue weighted by atomic mass is 9.98. The molecule has 0 N–H and O–H groups in total. The molecule has 47 heavy (non-hydrogen) atoms. The van der Waals surface area contributed by atoms with Gasteiger partial charge in [-0.3, -0.25) is 9.20 Å². The third-order valence-corrected chi connectivity index (χ3v) is 8.62. The van der Waals surface area contributed by atoms with Crippen molar-refractivity contribution in [3.8, 4) is 45.3 Å². The zero-order chi connectivity index (χ0) is 31.3. The zero-order valence-electron chi connectivity index (χ0n) is 25.1. The summed E-state index contributed by atoms with van der Waals surface area (Å²) in [7, 11) is 0. The van der Waals surface area contributed by atoms with Crippen molar-refractivity contribution in [1.29, 1.82) is 0 Å². The van der Waals surface area contributed by atoms with Crippen molar-refractivity contribution in [1.82, 2.24) is 24.3 Å². The van der Waals surface area contributed by atoms with Crippen molar-refractivity contribution in [2.45, 2.75) is 0 Å². The van der Waals surface area contributed by atoms with Gasteiger partial charge in [0.05, 0.1) is 10.9 Å². The molecule has 0 spiro atoms. The maximum Gasteiger partial charge on any atom is 0.265 e. The van der Waals surface area contributed by atoms with Crippen molar-refractivity contribution >= 4 is 38.1 Å². The van der Waals surface area contributed by atoms with Crippen LogP contribution in [0.3, 0.4) is 0 Å². The zero-order valence-corrected chi connectivity index (χ0v) is 25.1. The first-order chi connectivity index (χ1) is 23.2. The number of hydrogen-bond donors (Lipinski definition) is 0. The van der Waals surface area contributed by atoms with E-state index in [0.717, 1.165) is 49.4 Å². The molecule has 3 heterocycles. The van der Waals surface area contributed by atoms with E-state index >= 15 is 0 Å². The Morgan fingerprint density at radius 2 is 0.957 bits per heavy atom. The number of pyridine rings is 1. The molecule has 6 aromatic carbocycles. The minimum absolute atomic E-state index is 0.101. The van der Waals surface area contributed by atoms with Crippen molar-refractivity contribution in [3.63, 3.8) is 0 Å². The van der Waals surface area contributed by atoms with Gasteiger partial charge >= 0.3 is 0 Å². The van der Waals surface area contributed by atoms with E-state index in [2.05, 4.69) is 18.2 Å². The molecular weight excluding hydrogens is 578 g/mol. The summed E-state index contributed by atoms with van der Waals surface area (Å²) in [4.78, 5) is 33.8. The number of nitrogens with zero attached hydrogens (tertiary/aromatic N) is 5. The molecular formula is C41H25N5O. The number of benzene rings is 6. The van der Waals surface area contributed by atoms with Crippen LogP contribution in [0.15, 0.2) is 157 Å². The largest absolute Gasteiger partial charge is 0.268 e. The van der Waals surface area contributed by atoms with E-state index in [1.807, 2.05) is 134 Å². The van der Waals surface area contributed by atoms with Crippen LogP contribution in [0.4, 0.5) is 0 Å². The van der Waals surface area contributed by atoms with Gasteiger partial charge < -0.3 is 0 Å². The Balaban J connectivity index is 1.26. The van der Waals surface area contributed by atoms with Crippen LogP contribution in [0.25, 0.3) is 83.4 Å². The normalized spacial score (nSPS) is 11.5. The molecule has 0 aliphatic rings. The fourth-order valence-electron chi connectivity index (χ4n) is 6.30. The summed E-state index contributed by atoms with van der Waals surface area (Å²) in [5, 5.41) is 4.55. The summed E-state index contributed by atoms with van der Waals surface area (Å²) >= 11 is 0. The predicted molar refractivity (Wildman–Crippen MR) is 189 cm³/mol. The lowest BCUT2D eigenvalue weighted by Gasteiger charge is -2.14. The molecule has 0 atom stereocenters. The molecule has 0 aliphatic heterocycles. The lowest BCUT2D eigenvalue weighted by molar-refractivity contribution is 1.07. The van der Waals surface area contributed by atoms with Gasteiger partial charge in [-0.1, -0.05) is 127 Å². The van der Waals surface area contributed by atoms with Gasteiger partial charge in [-0.2, -0.15) is 0 Å². The number of hydrogen-bond acceptors (Lipinski definition) is 5. The minimum Gasteiger partial charge on any atom is -0.268 e. The maximum atomic E-state index is 14.1. The van der Waals surface area contributed by atoms with Gasteiger partial charge in [-0.15, -0.1) is 0 Å². The molecule has 0 unspecified atom stereocenters. The SMILES string of the molecule is O=c1c2cc3ccccc3cc2nc2c3ccccc3c(-c3cccc(-c4nc(-c5ccccc5)nc(-c5ccccc5)n4)c3)cn12. The highest BCUT2D eigenvalue weighted by Gasteiger charge is 2.16. The molecule has 6 nitrogen and oxygen atoms in total. The third-order valence-electron chi connectivity index (χ3n) is 8.62. The van der Waals surface area contributed by atoms with Crippen LogP contribution < -0.4 is 5.56 Å². The number of fused-ring (bicyclic) bond motifs is 5. The van der Waals surface area contributed by atoms with Crippen LogP contribution in [0.5, 0.6) is 0 Å². The van der Waals surface area contributed by atoms with Crippen LogP contribution in [0.2, 0.25) is 0 Å². The molecule has 0 amide bonds. The Labute approximate surface area is 269 Å². The van der Waals surface area contributed by atoms with Gasteiger partial charge in [0.15, 0.2) is 17.5 Å². The number of aromatic nitrogens is 5. The van der Waals surface area contributed by atoms with E-state index in [-0.39, 0.29) is 5.56 Å². The van der Waals surface area contributed by atoms with Crippen molar-refractivity contribution < 1.29 is 0 Å². The highest BCUT2D eigenvalue weighted by atomic mass is 16.1. The van der Waals surface area contributed by atoms with E-state index in [1.165, 1.54) is 0 Å². The highest BCUT2D eigenvalue weighted by Crippen LogP contribution is 2.34. The highest BCUT2D eigenvalue weighted by molar-refractivity contribution is 6.05. The summed E-state index contributed by atoms with van der Waals surface area (Å²) in [6.07, 6.45) is 1.92. The first-order valence-electron chi connectivity index (χ1n) is 15.4. The molecule has 0 fully saturated rings. The van der Waals surface area contributed by atoms with Gasteiger partial charge in [0.25, 0.3) is 5.56 Å². The summed E-state index contributed by atoms with van der Waals surface area (Å²) in [5.74, 6) is 1.78. The van der Waals surface area contributed by atoms with Crippen LogP contribution in [0.1, 0.15) is 0 Å². The van der Waals surface area contributed by atoms with E-state index in [4.69, 9.17) is 19.9 Å². The van der Waals surface area contributed by atoms with Crippen molar-refractivity contribution in [2.24, 2.45) is 0 Å². The Kier molecular flexibility index (Phi) is 6.18. The molecule has 0 aliphatic carbocycles. The average molecular weight is 604 g/mol. The number of rotatable bonds is 4.